The SMILES string of the molecule is COc1cccc(-c2nn(-c3ccc(F)cc3)cc2C=O)c1. The first-order valence-corrected chi connectivity index (χ1v) is 6.66. The van der Waals surface area contributed by atoms with Crippen molar-refractivity contribution in [3.05, 3.63) is 66.1 Å². The highest BCUT2D eigenvalue weighted by molar-refractivity contribution is 5.85. The van der Waals surface area contributed by atoms with Crippen molar-refractivity contribution in [1.82, 2.24) is 9.78 Å². The highest BCUT2D eigenvalue weighted by atomic mass is 19.1. The van der Waals surface area contributed by atoms with Gasteiger partial charge < -0.3 is 4.74 Å². The standard InChI is InChI=1S/C17H13FN2O2/c1-22-16-4-2-3-12(9-16)17-13(11-21)10-20(19-17)15-7-5-14(18)6-8-15/h2-11H,1H3. The smallest absolute Gasteiger partial charge is 0.153 e. The first-order valence-electron chi connectivity index (χ1n) is 6.66. The maximum Gasteiger partial charge on any atom is 0.153 e. The van der Waals surface area contributed by atoms with Crippen molar-refractivity contribution in [1.29, 1.82) is 0 Å². The molecular weight excluding hydrogens is 283 g/mol. The molecule has 0 amide bonds. The molecule has 0 unspecified atom stereocenters. The van der Waals surface area contributed by atoms with Crippen LogP contribution in [-0.4, -0.2) is 23.2 Å². The Hall–Kier alpha value is -2.95. The van der Waals surface area contributed by atoms with Crippen molar-refractivity contribution in [3.63, 3.8) is 0 Å². The molecule has 0 bridgehead atoms. The minimum absolute atomic E-state index is 0.320. The van der Waals surface area contributed by atoms with Gasteiger partial charge in [-0.3, -0.25) is 4.79 Å². The minimum Gasteiger partial charge on any atom is -0.497 e. The molecule has 0 atom stereocenters. The number of hydrogen-bond donors (Lipinski definition) is 0. The van der Waals surface area contributed by atoms with Crippen molar-refractivity contribution >= 4 is 6.29 Å². The van der Waals surface area contributed by atoms with Gasteiger partial charge in [0.2, 0.25) is 0 Å². The van der Waals surface area contributed by atoms with Crippen LogP contribution in [0.5, 0.6) is 5.75 Å². The lowest BCUT2D eigenvalue weighted by Crippen LogP contribution is -1.95. The normalized spacial score (nSPS) is 10.5. The van der Waals surface area contributed by atoms with Gasteiger partial charge in [-0.1, -0.05) is 12.1 Å². The number of aldehydes is 1. The summed E-state index contributed by atoms with van der Waals surface area (Å²) in [6, 6.07) is 13.2. The molecule has 1 heterocycles. The molecule has 0 aliphatic heterocycles. The summed E-state index contributed by atoms with van der Waals surface area (Å²) in [4.78, 5) is 11.3. The molecule has 4 nitrogen and oxygen atoms in total. The summed E-state index contributed by atoms with van der Waals surface area (Å²) < 4.78 is 19.7. The van der Waals surface area contributed by atoms with Crippen LogP contribution in [0.2, 0.25) is 0 Å². The second-order valence-corrected chi connectivity index (χ2v) is 4.70. The van der Waals surface area contributed by atoms with Gasteiger partial charge in [-0.15, -0.1) is 0 Å². The zero-order valence-electron chi connectivity index (χ0n) is 11.9. The van der Waals surface area contributed by atoms with Crippen LogP contribution in [0.1, 0.15) is 10.4 Å². The zero-order chi connectivity index (χ0) is 15.5. The first kappa shape index (κ1) is 14.0. The molecule has 0 saturated carbocycles. The summed E-state index contributed by atoms with van der Waals surface area (Å²) in [5.74, 6) is 0.366. The predicted octanol–water partition coefficient (Wildman–Crippen LogP) is 3.50. The van der Waals surface area contributed by atoms with Crippen LogP contribution in [-0.2, 0) is 0 Å². The van der Waals surface area contributed by atoms with E-state index in [9.17, 15) is 9.18 Å². The van der Waals surface area contributed by atoms with Gasteiger partial charge in [-0.2, -0.15) is 5.10 Å². The van der Waals surface area contributed by atoms with Gasteiger partial charge in [0.15, 0.2) is 6.29 Å². The molecule has 3 aromatic rings. The number of benzene rings is 2. The van der Waals surface area contributed by atoms with Crippen LogP contribution >= 0.6 is 0 Å². The van der Waals surface area contributed by atoms with E-state index in [0.717, 1.165) is 11.8 Å². The van der Waals surface area contributed by atoms with Crippen molar-refractivity contribution in [2.75, 3.05) is 7.11 Å². The van der Waals surface area contributed by atoms with E-state index < -0.39 is 0 Å². The number of rotatable bonds is 4. The van der Waals surface area contributed by atoms with E-state index in [1.165, 1.54) is 12.1 Å². The van der Waals surface area contributed by atoms with Gasteiger partial charge >= 0.3 is 0 Å². The minimum atomic E-state index is -0.320. The van der Waals surface area contributed by atoms with Crippen molar-refractivity contribution < 1.29 is 13.9 Å². The average molecular weight is 296 g/mol. The van der Waals surface area contributed by atoms with E-state index in [4.69, 9.17) is 4.74 Å². The molecule has 0 N–H and O–H groups in total. The number of hydrogen-bond acceptors (Lipinski definition) is 3. The highest BCUT2D eigenvalue weighted by Gasteiger charge is 2.12. The van der Waals surface area contributed by atoms with Crippen molar-refractivity contribution in [2.45, 2.75) is 0 Å². The van der Waals surface area contributed by atoms with Gasteiger partial charge in [-0.25, -0.2) is 9.07 Å². The van der Waals surface area contributed by atoms with Gasteiger partial charge in [-0.05, 0) is 36.4 Å². The predicted molar refractivity (Wildman–Crippen MR) is 80.9 cm³/mol. The fourth-order valence-electron chi connectivity index (χ4n) is 2.19. The molecule has 0 saturated heterocycles. The zero-order valence-corrected chi connectivity index (χ0v) is 11.9. The Bertz CT molecular complexity index is 810. The monoisotopic (exact) mass is 296 g/mol. The van der Waals surface area contributed by atoms with Gasteiger partial charge in [0.1, 0.15) is 17.3 Å². The summed E-state index contributed by atoms with van der Waals surface area (Å²) in [5, 5.41) is 4.43. The van der Waals surface area contributed by atoms with Crippen molar-refractivity contribution in [2.24, 2.45) is 0 Å². The molecule has 110 valence electrons. The molecule has 0 spiro atoms. The quantitative estimate of drug-likeness (QED) is 0.692. The molecule has 5 heteroatoms. The third kappa shape index (κ3) is 2.61. The van der Waals surface area contributed by atoms with Crippen LogP contribution in [0.25, 0.3) is 16.9 Å². The third-order valence-corrected chi connectivity index (χ3v) is 3.30. The molecule has 3 rings (SSSR count). The molecule has 22 heavy (non-hydrogen) atoms. The van der Waals surface area contributed by atoms with Crippen LogP contribution in [0.15, 0.2) is 54.7 Å². The largest absolute Gasteiger partial charge is 0.497 e. The van der Waals surface area contributed by atoms with E-state index >= 15 is 0 Å². The molecule has 0 aliphatic rings. The molecular formula is C17H13FN2O2. The molecule has 0 radical (unpaired) electrons. The fourth-order valence-corrected chi connectivity index (χ4v) is 2.19. The van der Waals surface area contributed by atoms with Crippen LogP contribution in [0.4, 0.5) is 4.39 Å². The number of halogens is 1. The Morgan fingerprint density at radius 2 is 1.95 bits per heavy atom. The fraction of sp³-hybridized carbons (Fsp3) is 0.0588. The summed E-state index contributed by atoms with van der Waals surface area (Å²) in [6.45, 7) is 0. The molecule has 0 fully saturated rings. The summed E-state index contributed by atoms with van der Waals surface area (Å²) in [5.41, 5.74) is 2.47. The Balaban J connectivity index is 2.08. The molecule has 2 aromatic carbocycles. The Morgan fingerprint density at radius 3 is 2.64 bits per heavy atom. The first-order chi connectivity index (χ1) is 10.7. The van der Waals surface area contributed by atoms with Gasteiger partial charge in [0, 0.05) is 11.8 Å². The maximum atomic E-state index is 13.0. The highest BCUT2D eigenvalue weighted by Crippen LogP contribution is 2.26. The number of carbonyl (C=O) groups excluding carboxylic acids is 1. The van der Waals surface area contributed by atoms with E-state index in [-0.39, 0.29) is 5.82 Å². The number of carbonyl (C=O) groups is 1. The van der Waals surface area contributed by atoms with Crippen molar-refractivity contribution in [3.8, 4) is 22.7 Å². The maximum absolute atomic E-state index is 13.0. The number of nitrogens with zero attached hydrogens (tertiary/aromatic N) is 2. The van der Waals surface area contributed by atoms with E-state index in [1.54, 1.807) is 30.1 Å². The number of methoxy groups -OCH3 is 1. The van der Waals surface area contributed by atoms with E-state index in [0.29, 0.717) is 22.7 Å². The topological polar surface area (TPSA) is 44.1 Å². The lowest BCUT2D eigenvalue weighted by atomic mass is 10.1. The Kier molecular flexibility index (Phi) is 3.70. The Labute approximate surface area is 126 Å². The molecule has 1 aromatic heterocycles. The second-order valence-electron chi connectivity index (χ2n) is 4.70. The van der Waals surface area contributed by atoms with Crippen LogP contribution < -0.4 is 4.74 Å². The molecule has 0 aliphatic carbocycles. The summed E-state index contributed by atoms with van der Waals surface area (Å²) >= 11 is 0. The summed E-state index contributed by atoms with van der Waals surface area (Å²) in [7, 11) is 1.58. The average Bonchev–Trinajstić information content (AvgIpc) is 3.00. The Morgan fingerprint density at radius 1 is 1.18 bits per heavy atom. The van der Waals surface area contributed by atoms with E-state index in [1.807, 2.05) is 24.3 Å². The second kappa shape index (κ2) is 5.81. The third-order valence-electron chi connectivity index (χ3n) is 3.30. The number of ether oxygens (including phenoxy) is 1. The van der Waals surface area contributed by atoms with Gasteiger partial charge in [0.25, 0.3) is 0 Å². The lowest BCUT2D eigenvalue weighted by Gasteiger charge is -2.03. The lowest BCUT2D eigenvalue weighted by molar-refractivity contribution is 0.112. The van der Waals surface area contributed by atoms with Crippen LogP contribution in [0, 0.1) is 5.82 Å². The van der Waals surface area contributed by atoms with E-state index in [2.05, 4.69) is 5.10 Å². The number of aromatic nitrogens is 2. The summed E-state index contributed by atoms with van der Waals surface area (Å²) in [6.07, 6.45) is 2.37. The van der Waals surface area contributed by atoms with Crippen LogP contribution in [0.3, 0.4) is 0 Å². The van der Waals surface area contributed by atoms with Gasteiger partial charge in [0.05, 0.1) is 18.4 Å².